The number of hydrogen-bond acceptors (Lipinski definition) is 4. The summed E-state index contributed by atoms with van der Waals surface area (Å²) in [6, 6.07) is 12.4. The molecule has 0 heterocycles. The number of benzene rings is 2. The van der Waals surface area contributed by atoms with Crippen molar-refractivity contribution in [3.05, 3.63) is 54.1 Å². The first-order valence-corrected chi connectivity index (χ1v) is 9.63. The van der Waals surface area contributed by atoms with Crippen molar-refractivity contribution in [2.75, 3.05) is 10.0 Å². The van der Waals surface area contributed by atoms with Crippen molar-refractivity contribution in [1.82, 2.24) is 5.32 Å². The van der Waals surface area contributed by atoms with Crippen LogP contribution in [0.2, 0.25) is 0 Å². The monoisotopic (exact) mass is 373 g/mol. The van der Waals surface area contributed by atoms with E-state index < -0.39 is 10.0 Å². The van der Waals surface area contributed by atoms with Crippen LogP contribution in [0.4, 0.5) is 11.4 Å². The molecule has 1 aliphatic carbocycles. The number of sulfonamides is 1. The van der Waals surface area contributed by atoms with Gasteiger partial charge in [0.2, 0.25) is 5.91 Å². The van der Waals surface area contributed by atoms with Crippen LogP contribution in [-0.4, -0.2) is 26.3 Å². The molecule has 3 N–H and O–H groups in total. The maximum Gasteiger partial charge on any atom is 0.261 e. The van der Waals surface area contributed by atoms with Gasteiger partial charge in [0.15, 0.2) is 0 Å². The second kappa shape index (κ2) is 7.17. The lowest BCUT2D eigenvalue weighted by molar-refractivity contribution is -0.114. The number of anilines is 2. The number of amides is 2. The van der Waals surface area contributed by atoms with Crippen LogP contribution in [-0.2, 0) is 14.8 Å². The van der Waals surface area contributed by atoms with E-state index in [1.807, 2.05) is 0 Å². The molecule has 1 saturated carbocycles. The molecule has 0 bridgehead atoms. The van der Waals surface area contributed by atoms with Crippen LogP contribution in [0.15, 0.2) is 53.4 Å². The zero-order valence-corrected chi connectivity index (χ0v) is 15.0. The maximum atomic E-state index is 12.5. The van der Waals surface area contributed by atoms with Crippen LogP contribution in [0.25, 0.3) is 0 Å². The summed E-state index contributed by atoms with van der Waals surface area (Å²) in [7, 11) is -3.81. The normalized spacial score (nSPS) is 13.7. The summed E-state index contributed by atoms with van der Waals surface area (Å²) in [5, 5.41) is 5.44. The van der Waals surface area contributed by atoms with Gasteiger partial charge in [0.1, 0.15) is 0 Å². The fourth-order valence-electron chi connectivity index (χ4n) is 2.36. The van der Waals surface area contributed by atoms with Crippen LogP contribution in [0, 0.1) is 0 Å². The molecule has 2 aromatic rings. The summed E-state index contributed by atoms with van der Waals surface area (Å²) < 4.78 is 27.5. The molecule has 0 atom stereocenters. The van der Waals surface area contributed by atoms with Gasteiger partial charge in [0.25, 0.3) is 15.9 Å². The molecule has 0 saturated heterocycles. The topological polar surface area (TPSA) is 104 Å². The third-order valence-corrected chi connectivity index (χ3v) is 5.17. The summed E-state index contributed by atoms with van der Waals surface area (Å²) in [4.78, 5) is 23.2. The molecule has 1 aliphatic rings. The summed E-state index contributed by atoms with van der Waals surface area (Å²) in [5.74, 6) is -0.451. The first-order chi connectivity index (χ1) is 12.3. The van der Waals surface area contributed by atoms with Crippen LogP contribution in [0.3, 0.4) is 0 Å². The lowest BCUT2D eigenvalue weighted by Crippen LogP contribution is -2.25. The Morgan fingerprint density at radius 2 is 1.69 bits per heavy atom. The van der Waals surface area contributed by atoms with Gasteiger partial charge >= 0.3 is 0 Å². The molecule has 2 amide bonds. The highest BCUT2D eigenvalue weighted by atomic mass is 32.2. The summed E-state index contributed by atoms with van der Waals surface area (Å²) >= 11 is 0. The molecule has 0 unspecified atom stereocenters. The van der Waals surface area contributed by atoms with E-state index in [2.05, 4.69) is 15.4 Å². The van der Waals surface area contributed by atoms with Crippen LogP contribution in [0.5, 0.6) is 0 Å². The fraction of sp³-hybridized carbons (Fsp3) is 0.222. The summed E-state index contributed by atoms with van der Waals surface area (Å²) in [6.45, 7) is 1.37. The lowest BCUT2D eigenvalue weighted by Gasteiger charge is -2.10. The highest BCUT2D eigenvalue weighted by Crippen LogP contribution is 2.21. The van der Waals surface area contributed by atoms with Gasteiger partial charge in [-0.2, -0.15) is 0 Å². The second-order valence-corrected chi connectivity index (χ2v) is 7.82. The van der Waals surface area contributed by atoms with Crippen molar-refractivity contribution >= 4 is 33.2 Å². The molecule has 0 spiro atoms. The van der Waals surface area contributed by atoms with Crippen molar-refractivity contribution in [2.24, 2.45) is 0 Å². The Morgan fingerprint density at radius 3 is 2.31 bits per heavy atom. The molecule has 0 aromatic heterocycles. The molecular formula is C18H19N3O4S. The van der Waals surface area contributed by atoms with Crippen LogP contribution in [0.1, 0.15) is 30.1 Å². The fourth-order valence-corrected chi connectivity index (χ4v) is 3.40. The van der Waals surface area contributed by atoms with Crippen LogP contribution < -0.4 is 15.4 Å². The molecule has 136 valence electrons. The highest BCUT2D eigenvalue weighted by Gasteiger charge is 2.24. The summed E-state index contributed by atoms with van der Waals surface area (Å²) in [5.41, 5.74) is 1.22. The van der Waals surface area contributed by atoms with Gasteiger partial charge in [-0.05, 0) is 55.3 Å². The third-order valence-electron chi connectivity index (χ3n) is 3.77. The average Bonchev–Trinajstić information content (AvgIpc) is 3.38. The van der Waals surface area contributed by atoms with E-state index in [0.717, 1.165) is 12.8 Å². The molecule has 0 radical (unpaired) electrons. The van der Waals surface area contributed by atoms with E-state index in [1.54, 1.807) is 18.2 Å². The zero-order valence-electron chi connectivity index (χ0n) is 14.2. The van der Waals surface area contributed by atoms with E-state index in [1.165, 1.54) is 37.3 Å². The lowest BCUT2D eigenvalue weighted by atomic mass is 10.2. The zero-order chi connectivity index (χ0) is 18.7. The Morgan fingerprint density at radius 1 is 1.00 bits per heavy atom. The number of nitrogens with one attached hydrogen (secondary N) is 3. The van der Waals surface area contributed by atoms with Gasteiger partial charge in [-0.15, -0.1) is 0 Å². The first kappa shape index (κ1) is 17.9. The number of carbonyl (C=O) groups excluding carboxylic acids is 2. The molecule has 7 nitrogen and oxygen atoms in total. The van der Waals surface area contributed by atoms with Gasteiger partial charge < -0.3 is 10.6 Å². The highest BCUT2D eigenvalue weighted by molar-refractivity contribution is 7.92. The molecule has 26 heavy (non-hydrogen) atoms. The molecule has 1 fully saturated rings. The van der Waals surface area contributed by atoms with Crippen molar-refractivity contribution < 1.29 is 18.0 Å². The van der Waals surface area contributed by atoms with Gasteiger partial charge in [-0.3, -0.25) is 14.3 Å². The third kappa shape index (κ3) is 4.60. The largest absolute Gasteiger partial charge is 0.349 e. The minimum Gasteiger partial charge on any atom is -0.349 e. The van der Waals surface area contributed by atoms with Gasteiger partial charge in [0.05, 0.1) is 4.90 Å². The predicted octanol–water partition coefficient (Wildman–Crippen LogP) is 2.34. The molecular weight excluding hydrogens is 354 g/mol. The number of rotatable bonds is 6. The smallest absolute Gasteiger partial charge is 0.261 e. The Bertz CT molecular complexity index is 935. The van der Waals surface area contributed by atoms with Gasteiger partial charge in [0, 0.05) is 29.9 Å². The van der Waals surface area contributed by atoms with Gasteiger partial charge in [-0.1, -0.05) is 6.07 Å². The van der Waals surface area contributed by atoms with Crippen molar-refractivity contribution in [3.63, 3.8) is 0 Å². The average molecular weight is 373 g/mol. The van der Waals surface area contributed by atoms with E-state index in [4.69, 9.17) is 0 Å². The Labute approximate surface area is 151 Å². The molecule has 0 aliphatic heterocycles. The second-order valence-electron chi connectivity index (χ2n) is 6.14. The van der Waals surface area contributed by atoms with Gasteiger partial charge in [-0.25, -0.2) is 8.42 Å². The minimum atomic E-state index is -3.81. The van der Waals surface area contributed by atoms with Crippen molar-refractivity contribution in [1.29, 1.82) is 0 Å². The van der Waals surface area contributed by atoms with E-state index in [9.17, 15) is 18.0 Å². The molecule has 2 aromatic carbocycles. The van der Waals surface area contributed by atoms with Crippen molar-refractivity contribution in [3.8, 4) is 0 Å². The Balaban J connectivity index is 1.74. The molecule has 8 heteroatoms. The predicted molar refractivity (Wildman–Crippen MR) is 98.5 cm³/mol. The molecule has 3 rings (SSSR count). The van der Waals surface area contributed by atoms with E-state index >= 15 is 0 Å². The Kier molecular flexibility index (Phi) is 4.94. The quantitative estimate of drug-likeness (QED) is 0.723. The Hall–Kier alpha value is -2.87. The number of carbonyl (C=O) groups is 2. The van der Waals surface area contributed by atoms with E-state index in [-0.39, 0.29) is 22.8 Å². The summed E-state index contributed by atoms with van der Waals surface area (Å²) in [6.07, 6.45) is 1.96. The standard InChI is InChI=1S/C18H19N3O4S/c1-12(22)19-14-7-9-17(10-8-14)26(24,25)21-16-4-2-3-13(11-16)18(23)20-15-5-6-15/h2-4,7-11,15,21H,5-6H2,1H3,(H,19,22)(H,20,23). The number of hydrogen-bond donors (Lipinski definition) is 3. The SMILES string of the molecule is CC(=O)Nc1ccc(S(=O)(=O)Nc2cccc(C(=O)NC3CC3)c2)cc1. The first-order valence-electron chi connectivity index (χ1n) is 8.15. The minimum absolute atomic E-state index is 0.0550. The van der Waals surface area contributed by atoms with Crippen molar-refractivity contribution in [2.45, 2.75) is 30.7 Å². The van der Waals surface area contributed by atoms with Crippen LogP contribution >= 0.6 is 0 Å². The maximum absolute atomic E-state index is 12.5. The van der Waals surface area contributed by atoms with E-state index in [0.29, 0.717) is 16.9 Å².